The number of primary amides is 1. The van der Waals surface area contributed by atoms with Crippen LogP contribution in [0.1, 0.15) is 61.4 Å². The number of carbonyl (C=O) groups is 1. The molecule has 150 valence electrons. The molecule has 1 amide bonds. The molecule has 1 aliphatic rings. The second kappa shape index (κ2) is 8.52. The Labute approximate surface area is 164 Å². The molecule has 0 radical (unpaired) electrons. The number of halogens is 1. The Kier molecular flexibility index (Phi) is 6.08. The minimum absolute atomic E-state index is 0.0223. The lowest BCUT2D eigenvalue weighted by Crippen LogP contribution is -2.43. The van der Waals surface area contributed by atoms with E-state index in [2.05, 4.69) is 34.4 Å². The van der Waals surface area contributed by atoms with Crippen LogP contribution < -0.4 is 22.1 Å². The summed E-state index contributed by atoms with van der Waals surface area (Å²) in [6.07, 6.45) is 7.24. The Balaban J connectivity index is 1.92. The van der Waals surface area contributed by atoms with Crippen molar-refractivity contribution in [3.8, 4) is 0 Å². The van der Waals surface area contributed by atoms with Crippen LogP contribution in [0.2, 0.25) is 0 Å². The van der Waals surface area contributed by atoms with Gasteiger partial charge in [-0.2, -0.15) is 0 Å². The lowest BCUT2D eigenvalue weighted by Gasteiger charge is -2.30. The first-order valence-electron chi connectivity index (χ1n) is 9.59. The number of nitrogens with two attached hydrogens (primary N) is 2. The molecular formula is C20H27FN6O. The van der Waals surface area contributed by atoms with E-state index in [4.69, 9.17) is 11.5 Å². The summed E-state index contributed by atoms with van der Waals surface area (Å²) in [5.41, 5.74) is 13.2. The molecule has 2 atom stereocenters. The maximum absolute atomic E-state index is 14.6. The molecule has 6 N–H and O–H groups in total. The molecule has 2 aromatic rings. The van der Waals surface area contributed by atoms with Crippen LogP contribution >= 0.6 is 0 Å². The number of aromatic nitrogens is 2. The van der Waals surface area contributed by atoms with Crippen LogP contribution in [0.5, 0.6) is 0 Å². The van der Waals surface area contributed by atoms with Gasteiger partial charge in [-0.25, -0.2) is 9.37 Å². The van der Waals surface area contributed by atoms with Crippen molar-refractivity contribution >= 4 is 23.2 Å². The average molecular weight is 386 g/mol. The Bertz CT molecular complexity index is 857. The Morgan fingerprint density at radius 3 is 2.64 bits per heavy atom. The van der Waals surface area contributed by atoms with Gasteiger partial charge in [-0.3, -0.25) is 9.78 Å². The first-order valence-corrected chi connectivity index (χ1v) is 9.59. The normalized spacial score (nSPS) is 19.5. The van der Waals surface area contributed by atoms with Gasteiger partial charge in [0, 0.05) is 18.3 Å². The number of carbonyl (C=O) groups excluding carboxylic acids is 1. The monoisotopic (exact) mass is 386 g/mol. The minimum Gasteiger partial charge on any atom is -0.365 e. The second-order valence-electron chi connectivity index (χ2n) is 7.57. The standard InChI is InChI=1S/C20H27FN6O/c1-11(2)12-7-13(10-24-9-12)25-19-14(18(23)28)8-15(21)20(27-19)26-17-6-4-3-5-16(17)22/h7-11,16-17H,3-6,22H2,1-2H3,(H2,23,28)(H2,25,26,27)/t16-,17?/m0/s1. The summed E-state index contributed by atoms with van der Waals surface area (Å²) in [5.74, 6) is -0.865. The fourth-order valence-electron chi connectivity index (χ4n) is 3.37. The Morgan fingerprint density at radius 1 is 1.21 bits per heavy atom. The van der Waals surface area contributed by atoms with Crippen LogP contribution in [-0.4, -0.2) is 28.0 Å². The minimum atomic E-state index is -0.761. The number of hydrogen-bond donors (Lipinski definition) is 4. The summed E-state index contributed by atoms with van der Waals surface area (Å²) >= 11 is 0. The number of pyridine rings is 2. The van der Waals surface area contributed by atoms with E-state index in [9.17, 15) is 9.18 Å². The van der Waals surface area contributed by atoms with Gasteiger partial charge in [0.05, 0.1) is 17.4 Å². The van der Waals surface area contributed by atoms with Gasteiger partial charge in [-0.15, -0.1) is 0 Å². The zero-order valence-corrected chi connectivity index (χ0v) is 16.2. The first-order chi connectivity index (χ1) is 13.3. The number of amides is 1. The molecule has 2 aromatic heterocycles. The Hall–Kier alpha value is -2.74. The summed E-state index contributed by atoms with van der Waals surface area (Å²) in [4.78, 5) is 20.3. The summed E-state index contributed by atoms with van der Waals surface area (Å²) in [5, 5.41) is 6.15. The highest BCUT2D eigenvalue weighted by atomic mass is 19.1. The van der Waals surface area contributed by atoms with Gasteiger partial charge in [-0.1, -0.05) is 26.7 Å². The van der Waals surface area contributed by atoms with E-state index < -0.39 is 11.7 Å². The van der Waals surface area contributed by atoms with Crippen LogP contribution in [-0.2, 0) is 0 Å². The predicted octanol–water partition coefficient (Wildman–Crippen LogP) is 3.26. The van der Waals surface area contributed by atoms with Crippen LogP contribution in [0.25, 0.3) is 0 Å². The zero-order valence-electron chi connectivity index (χ0n) is 16.2. The molecule has 7 nitrogen and oxygen atoms in total. The molecule has 1 aliphatic carbocycles. The van der Waals surface area contributed by atoms with Crippen LogP contribution in [0.4, 0.5) is 21.7 Å². The van der Waals surface area contributed by atoms with Gasteiger partial charge < -0.3 is 22.1 Å². The number of nitrogens with zero attached hydrogens (tertiary/aromatic N) is 2. The van der Waals surface area contributed by atoms with Gasteiger partial charge in [0.25, 0.3) is 5.91 Å². The number of anilines is 3. The molecule has 0 bridgehead atoms. The molecule has 1 fully saturated rings. The Morgan fingerprint density at radius 2 is 1.96 bits per heavy atom. The largest absolute Gasteiger partial charge is 0.365 e. The van der Waals surface area contributed by atoms with E-state index in [0.29, 0.717) is 5.69 Å². The van der Waals surface area contributed by atoms with Crippen molar-refractivity contribution in [3.05, 3.63) is 41.5 Å². The summed E-state index contributed by atoms with van der Waals surface area (Å²) in [6.45, 7) is 4.11. The maximum atomic E-state index is 14.6. The third-order valence-corrected chi connectivity index (χ3v) is 5.07. The zero-order chi connectivity index (χ0) is 20.3. The van der Waals surface area contributed by atoms with E-state index >= 15 is 0 Å². The van der Waals surface area contributed by atoms with E-state index in [1.807, 2.05) is 6.07 Å². The third kappa shape index (κ3) is 4.56. The number of nitrogens with one attached hydrogen (secondary N) is 2. The highest BCUT2D eigenvalue weighted by Crippen LogP contribution is 2.27. The average Bonchev–Trinajstić information content (AvgIpc) is 2.66. The highest BCUT2D eigenvalue weighted by molar-refractivity contribution is 5.98. The molecule has 1 saturated carbocycles. The van der Waals surface area contributed by atoms with Crippen LogP contribution in [0.3, 0.4) is 0 Å². The van der Waals surface area contributed by atoms with Crippen LogP contribution in [0.15, 0.2) is 24.5 Å². The quantitative estimate of drug-likeness (QED) is 0.605. The van der Waals surface area contributed by atoms with E-state index in [0.717, 1.165) is 37.3 Å². The van der Waals surface area contributed by atoms with Crippen molar-refractivity contribution in [2.24, 2.45) is 11.5 Å². The molecule has 28 heavy (non-hydrogen) atoms. The van der Waals surface area contributed by atoms with Crippen molar-refractivity contribution < 1.29 is 9.18 Å². The molecule has 8 heteroatoms. The highest BCUT2D eigenvalue weighted by Gasteiger charge is 2.24. The van der Waals surface area contributed by atoms with Gasteiger partial charge >= 0.3 is 0 Å². The summed E-state index contributed by atoms with van der Waals surface area (Å²) in [7, 11) is 0. The van der Waals surface area contributed by atoms with E-state index in [1.54, 1.807) is 12.4 Å². The third-order valence-electron chi connectivity index (χ3n) is 5.07. The van der Waals surface area contributed by atoms with Crippen LogP contribution in [0, 0.1) is 5.82 Å². The molecule has 3 rings (SSSR count). The van der Waals surface area contributed by atoms with Gasteiger partial charge in [0.15, 0.2) is 11.6 Å². The molecule has 0 aromatic carbocycles. The second-order valence-corrected chi connectivity index (χ2v) is 7.57. The molecule has 2 heterocycles. The van der Waals surface area contributed by atoms with Gasteiger partial charge in [-0.05, 0) is 36.5 Å². The molecular weight excluding hydrogens is 359 g/mol. The predicted molar refractivity (Wildman–Crippen MR) is 108 cm³/mol. The summed E-state index contributed by atoms with van der Waals surface area (Å²) < 4.78 is 14.6. The topological polar surface area (TPSA) is 119 Å². The molecule has 1 unspecified atom stereocenters. The van der Waals surface area contributed by atoms with Crippen molar-refractivity contribution in [3.63, 3.8) is 0 Å². The van der Waals surface area contributed by atoms with Crippen molar-refractivity contribution in [1.82, 2.24) is 9.97 Å². The fourth-order valence-corrected chi connectivity index (χ4v) is 3.37. The van der Waals surface area contributed by atoms with E-state index in [-0.39, 0.29) is 35.2 Å². The molecule has 0 spiro atoms. The maximum Gasteiger partial charge on any atom is 0.252 e. The fraction of sp³-hybridized carbons (Fsp3) is 0.450. The first kappa shape index (κ1) is 20.0. The summed E-state index contributed by atoms with van der Waals surface area (Å²) in [6, 6.07) is 2.90. The van der Waals surface area contributed by atoms with Crippen molar-refractivity contribution in [2.75, 3.05) is 10.6 Å². The lowest BCUT2D eigenvalue weighted by atomic mass is 9.91. The smallest absolute Gasteiger partial charge is 0.252 e. The van der Waals surface area contributed by atoms with Gasteiger partial charge in [0.2, 0.25) is 0 Å². The number of rotatable bonds is 6. The SMILES string of the molecule is CC(C)c1cncc(Nc2nc(NC3CCCC[C@@H]3N)c(F)cc2C(N)=O)c1. The molecule has 0 saturated heterocycles. The van der Waals surface area contributed by atoms with Crippen molar-refractivity contribution in [1.29, 1.82) is 0 Å². The van der Waals surface area contributed by atoms with E-state index in [1.165, 1.54) is 0 Å². The van der Waals surface area contributed by atoms with Crippen molar-refractivity contribution in [2.45, 2.75) is 57.5 Å². The van der Waals surface area contributed by atoms with Gasteiger partial charge in [0.1, 0.15) is 5.82 Å². The molecule has 0 aliphatic heterocycles. The lowest BCUT2D eigenvalue weighted by molar-refractivity contribution is 0.100. The number of hydrogen-bond acceptors (Lipinski definition) is 6.